The first-order chi connectivity index (χ1) is 15.0. The SMILES string of the molecule is CCc1cc(=O)[nH]c(-c2cccc(NC(=O)C(C)n3c(-c4cccs4)n[nH]c3=S)c2)n1. The van der Waals surface area contributed by atoms with Gasteiger partial charge in [0.1, 0.15) is 11.9 Å². The standard InChI is InChI=1S/C21H20N6O2S2/c1-3-14-11-17(28)24-18(22-14)13-6-4-7-15(10-13)23-20(29)12(2)27-19(25-26-21(27)30)16-8-5-9-31-16/h4-12H,3H2,1-2H3,(H,23,29)(H,26,30)(H,22,24,28). The predicted molar refractivity (Wildman–Crippen MR) is 124 cm³/mol. The van der Waals surface area contributed by atoms with Crippen LogP contribution >= 0.6 is 23.6 Å². The number of benzene rings is 1. The first kappa shape index (κ1) is 20.9. The van der Waals surface area contributed by atoms with Crippen molar-refractivity contribution in [1.82, 2.24) is 24.7 Å². The lowest BCUT2D eigenvalue weighted by Crippen LogP contribution is -2.24. The van der Waals surface area contributed by atoms with E-state index in [1.807, 2.05) is 30.5 Å². The molecule has 4 aromatic rings. The molecule has 0 bridgehead atoms. The second kappa shape index (κ2) is 8.78. The van der Waals surface area contributed by atoms with Crippen molar-refractivity contribution in [2.45, 2.75) is 26.3 Å². The minimum absolute atomic E-state index is 0.208. The largest absolute Gasteiger partial charge is 0.324 e. The van der Waals surface area contributed by atoms with Gasteiger partial charge in [-0.3, -0.25) is 19.3 Å². The van der Waals surface area contributed by atoms with Crippen LogP contribution in [-0.2, 0) is 11.2 Å². The third kappa shape index (κ3) is 4.39. The molecule has 158 valence electrons. The van der Waals surface area contributed by atoms with Crippen LogP contribution in [0.25, 0.3) is 22.1 Å². The Morgan fingerprint density at radius 3 is 2.87 bits per heavy atom. The minimum Gasteiger partial charge on any atom is -0.324 e. The number of thiophene rings is 1. The van der Waals surface area contributed by atoms with Crippen LogP contribution in [0.1, 0.15) is 25.6 Å². The Morgan fingerprint density at radius 2 is 2.13 bits per heavy atom. The van der Waals surface area contributed by atoms with Crippen molar-refractivity contribution >= 4 is 35.1 Å². The summed E-state index contributed by atoms with van der Waals surface area (Å²) in [5.41, 5.74) is 1.79. The van der Waals surface area contributed by atoms with E-state index in [2.05, 4.69) is 25.5 Å². The van der Waals surface area contributed by atoms with Crippen LogP contribution in [0, 0.1) is 4.77 Å². The predicted octanol–water partition coefficient (Wildman–Crippen LogP) is 4.18. The van der Waals surface area contributed by atoms with E-state index in [4.69, 9.17) is 12.2 Å². The summed E-state index contributed by atoms with van der Waals surface area (Å²) in [6, 6.07) is 11.9. The van der Waals surface area contributed by atoms with Gasteiger partial charge < -0.3 is 10.3 Å². The summed E-state index contributed by atoms with van der Waals surface area (Å²) >= 11 is 6.88. The van der Waals surface area contributed by atoms with Gasteiger partial charge in [-0.2, -0.15) is 5.10 Å². The van der Waals surface area contributed by atoms with E-state index < -0.39 is 6.04 Å². The summed E-state index contributed by atoms with van der Waals surface area (Å²) < 4.78 is 2.07. The number of carbonyl (C=O) groups is 1. The molecule has 31 heavy (non-hydrogen) atoms. The maximum Gasteiger partial charge on any atom is 0.251 e. The van der Waals surface area contributed by atoms with E-state index in [0.29, 0.717) is 39.8 Å². The molecular weight excluding hydrogens is 432 g/mol. The van der Waals surface area contributed by atoms with Crippen molar-refractivity contribution in [2.75, 3.05) is 5.32 Å². The van der Waals surface area contributed by atoms with E-state index in [1.165, 1.54) is 17.4 Å². The number of H-pyrrole nitrogens is 2. The number of aromatic nitrogens is 5. The fourth-order valence-corrected chi connectivity index (χ4v) is 4.18. The number of amides is 1. The smallest absolute Gasteiger partial charge is 0.251 e. The Hall–Kier alpha value is -3.37. The van der Waals surface area contributed by atoms with Gasteiger partial charge in [-0.15, -0.1) is 11.3 Å². The lowest BCUT2D eigenvalue weighted by atomic mass is 10.1. The molecule has 0 fully saturated rings. The Labute approximate surface area is 187 Å². The lowest BCUT2D eigenvalue weighted by molar-refractivity contribution is -0.118. The molecule has 0 radical (unpaired) electrons. The first-order valence-corrected chi connectivity index (χ1v) is 11.0. The minimum atomic E-state index is -0.589. The molecule has 3 aromatic heterocycles. The Morgan fingerprint density at radius 1 is 1.29 bits per heavy atom. The van der Waals surface area contributed by atoms with Crippen molar-refractivity contribution < 1.29 is 4.79 Å². The van der Waals surface area contributed by atoms with Gasteiger partial charge in [0.05, 0.1) is 4.88 Å². The third-order valence-corrected chi connectivity index (χ3v) is 5.93. The number of carbonyl (C=O) groups excluding carboxylic acids is 1. The number of aromatic amines is 2. The Kier molecular flexibility index (Phi) is 5.92. The number of hydrogen-bond acceptors (Lipinski definition) is 6. The average molecular weight is 453 g/mol. The normalized spacial score (nSPS) is 11.9. The van der Waals surface area contributed by atoms with Crippen molar-refractivity contribution in [1.29, 1.82) is 0 Å². The molecule has 0 saturated heterocycles. The highest BCUT2D eigenvalue weighted by Gasteiger charge is 2.21. The molecule has 1 aromatic carbocycles. The molecule has 4 rings (SSSR count). The van der Waals surface area contributed by atoms with E-state index in [-0.39, 0.29) is 11.5 Å². The van der Waals surface area contributed by atoms with Crippen LogP contribution in [0.2, 0.25) is 0 Å². The summed E-state index contributed by atoms with van der Waals surface area (Å²) in [5.74, 6) is 0.844. The summed E-state index contributed by atoms with van der Waals surface area (Å²) in [7, 11) is 0. The molecule has 8 nitrogen and oxygen atoms in total. The van der Waals surface area contributed by atoms with E-state index in [9.17, 15) is 9.59 Å². The van der Waals surface area contributed by atoms with E-state index in [0.717, 1.165) is 4.88 Å². The van der Waals surface area contributed by atoms with Crippen molar-refractivity contribution in [3.63, 3.8) is 0 Å². The van der Waals surface area contributed by atoms with Crippen LogP contribution in [0.15, 0.2) is 52.6 Å². The number of nitrogens with zero attached hydrogens (tertiary/aromatic N) is 3. The maximum absolute atomic E-state index is 13.0. The molecule has 10 heteroatoms. The van der Waals surface area contributed by atoms with Gasteiger partial charge in [0, 0.05) is 23.0 Å². The molecule has 0 aliphatic heterocycles. The van der Waals surface area contributed by atoms with Crippen LogP contribution < -0.4 is 10.9 Å². The molecule has 1 unspecified atom stereocenters. The molecule has 3 N–H and O–H groups in total. The first-order valence-electron chi connectivity index (χ1n) is 9.68. The van der Waals surface area contributed by atoms with Gasteiger partial charge in [0.25, 0.3) is 5.56 Å². The van der Waals surface area contributed by atoms with Crippen LogP contribution in [0.5, 0.6) is 0 Å². The molecule has 0 spiro atoms. The van der Waals surface area contributed by atoms with Crippen LogP contribution in [0.3, 0.4) is 0 Å². The second-order valence-corrected chi connectivity index (χ2v) is 8.22. The molecule has 0 aliphatic carbocycles. The number of aryl methyl sites for hydroxylation is 1. The molecule has 0 saturated carbocycles. The molecule has 1 atom stereocenters. The van der Waals surface area contributed by atoms with Gasteiger partial charge in [-0.25, -0.2) is 4.98 Å². The molecular formula is C21H20N6O2S2. The molecule has 3 heterocycles. The average Bonchev–Trinajstić information content (AvgIpc) is 3.42. The Balaban J connectivity index is 1.60. The maximum atomic E-state index is 13.0. The fraction of sp³-hybridized carbons (Fsp3) is 0.190. The highest BCUT2D eigenvalue weighted by molar-refractivity contribution is 7.71. The van der Waals surface area contributed by atoms with E-state index in [1.54, 1.807) is 29.7 Å². The van der Waals surface area contributed by atoms with Gasteiger partial charge in [-0.05, 0) is 49.1 Å². The zero-order valence-corrected chi connectivity index (χ0v) is 18.5. The lowest BCUT2D eigenvalue weighted by Gasteiger charge is -2.15. The van der Waals surface area contributed by atoms with Crippen molar-refractivity contribution in [2.24, 2.45) is 0 Å². The molecule has 0 aliphatic rings. The van der Waals surface area contributed by atoms with Gasteiger partial charge in [-0.1, -0.05) is 25.1 Å². The fourth-order valence-electron chi connectivity index (χ4n) is 3.18. The number of nitrogens with one attached hydrogen (secondary N) is 3. The quantitative estimate of drug-likeness (QED) is 0.380. The van der Waals surface area contributed by atoms with Gasteiger partial charge in [0.15, 0.2) is 10.6 Å². The Bertz CT molecular complexity index is 1340. The van der Waals surface area contributed by atoms with Gasteiger partial charge in [0.2, 0.25) is 5.91 Å². The van der Waals surface area contributed by atoms with E-state index >= 15 is 0 Å². The third-order valence-electron chi connectivity index (χ3n) is 4.77. The highest BCUT2D eigenvalue weighted by Crippen LogP contribution is 2.26. The zero-order valence-electron chi connectivity index (χ0n) is 16.9. The summed E-state index contributed by atoms with van der Waals surface area (Å²) in [6.45, 7) is 3.71. The number of rotatable bonds is 6. The monoisotopic (exact) mass is 452 g/mol. The van der Waals surface area contributed by atoms with Crippen molar-refractivity contribution in [3.8, 4) is 22.1 Å². The number of anilines is 1. The van der Waals surface area contributed by atoms with Gasteiger partial charge >= 0.3 is 0 Å². The zero-order chi connectivity index (χ0) is 22.0. The summed E-state index contributed by atoms with van der Waals surface area (Å²) in [5, 5.41) is 11.9. The molecule has 1 amide bonds. The van der Waals surface area contributed by atoms with Crippen LogP contribution in [0.4, 0.5) is 5.69 Å². The van der Waals surface area contributed by atoms with Crippen LogP contribution in [-0.4, -0.2) is 30.6 Å². The topological polar surface area (TPSA) is 108 Å². The second-order valence-electron chi connectivity index (χ2n) is 6.88. The number of hydrogen-bond donors (Lipinski definition) is 3. The van der Waals surface area contributed by atoms with Crippen molar-refractivity contribution in [3.05, 3.63) is 68.7 Å². The summed E-state index contributed by atoms with van der Waals surface area (Å²) in [4.78, 5) is 33.0. The summed E-state index contributed by atoms with van der Waals surface area (Å²) in [6.07, 6.45) is 0.656. The highest BCUT2D eigenvalue weighted by atomic mass is 32.1.